The molecule has 2 saturated heterocycles. The molecule has 4 nitrogen and oxygen atoms in total. The van der Waals surface area contributed by atoms with Gasteiger partial charge in [0.1, 0.15) is 11.7 Å². The van der Waals surface area contributed by atoms with Gasteiger partial charge in [0.15, 0.2) is 0 Å². The zero-order chi connectivity index (χ0) is 17.5. The highest BCUT2D eigenvalue weighted by Crippen LogP contribution is 2.50. The lowest BCUT2D eigenvalue weighted by molar-refractivity contribution is -0.0354. The zero-order valence-electron chi connectivity index (χ0n) is 15.0. The van der Waals surface area contributed by atoms with Crippen molar-refractivity contribution in [2.75, 3.05) is 13.2 Å². The summed E-state index contributed by atoms with van der Waals surface area (Å²) in [6, 6.07) is 0. The summed E-state index contributed by atoms with van der Waals surface area (Å²) in [5, 5.41) is 20.8. The molecule has 6 atom stereocenters. The molecule has 1 aliphatic carbocycles. The predicted molar refractivity (Wildman–Crippen MR) is 93.6 cm³/mol. The molecule has 4 heteroatoms. The van der Waals surface area contributed by atoms with Gasteiger partial charge in [0.05, 0.1) is 24.9 Å². The summed E-state index contributed by atoms with van der Waals surface area (Å²) in [4.78, 5) is 0. The Morgan fingerprint density at radius 3 is 2.83 bits per heavy atom. The largest absolute Gasteiger partial charge is 0.393 e. The van der Waals surface area contributed by atoms with E-state index in [0.29, 0.717) is 13.0 Å². The standard InChI is InChI=1S/C20H30O4/c1-13(2)6-5-8-20(12-21)16-7-9-19(4,22)18-17(24-18)10-14(3)15(16)11-23-20/h5-6,8,15-18,21-22H,3,7,9-12H2,1-2,4H3. The predicted octanol–water partition coefficient (Wildman–Crippen LogP) is 2.76. The summed E-state index contributed by atoms with van der Waals surface area (Å²) >= 11 is 0. The summed E-state index contributed by atoms with van der Waals surface area (Å²) < 4.78 is 11.8. The van der Waals surface area contributed by atoms with Crippen LogP contribution in [0.15, 0.2) is 36.0 Å². The lowest BCUT2D eigenvalue weighted by Crippen LogP contribution is -2.41. The summed E-state index contributed by atoms with van der Waals surface area (Å²) in [5.41, 5.74) is 0.808. The molecule has 2 heterocycles. The van der Waals surface area contributed by atoms with E-state index in [1.54, 1.807) is 0 Å². The lowest BCUT2D eigenvalue weighted by Gasteiger charge is -2.33. The van der Waals surface area contributed by atoms with E-state index in [4.69, 9.17) is 9.47 Å². The normalized spacial score (nSPS) is 45.1. The van der Waals surface area contributed by atoms with Crippen LogP contribution in [0.5, 0.6) is 0 Å². The van der Waals surface area contributed by atoms with E-state index in [-0.39, 0.29) is 30.7 Å². The van der Waals surface area contributed by atoms with Crippen LogP contribution in [0, 0.1) is 11.8 Å². The summed E-state index contributed by atoms with van der Waals surface area (Å²) in [5.74, 6) is 0.327. The Kier molecular flexibility index (Phi) is 4.77. The molecule has 134 valence electrons. The molecular weight excluding hydrogens is 304 g/mol. The molecule has 0 aromatic carbocycles. The molecule has 2 N–H and O–H groups in total. The van der Waals surface area contributed by atoms with Crippen molar-refractivity contribution in [3.05, 3.63) is 36.0 Å². The molecule has 0 radical (unpaired) electrons. The van der Waals surface area contributed by atoms with Gasteiger partial charge in [-0.25, -0.2) is 0 Å². The van der Waals surface area contributed by atoms with Gasteiger partial charge in [0.2, 0.25) is 0 Å². The summed E-state index contributed by atoms with van der Waals surface area (Å²) in [6.45, 7) is 10.7. The van der Waals surface area contributed by atoms with E-state index in [1.165, 1.54) is 5.57 Å². The van der Waals surface area contributed by atoms with Crippen LogP contribution in [0.2, 0.25) is 0 Å². The average molecular weight is 334 g/mol. The van der Waals surface area contributed by atoms with Gasteiger partial charge in [-0.2, -0.15) is 0 Å². The quantitative estimate of drug-likeness (QED) is 0.473. The third-order valence-corrected chi connectivity index (χ3v) is 5.84. The Morgan fingerprint density at radius 1 is 1.42 bits per heavy atom. The maximum Gasteiger partial charge on any atom is 0.113 e. The number of aliphatic hydroxyl groups excluding tert-OH is 1. The molecule has 3 fully saturated rings. The van der Waals surface area contributed by atoms with Crippen molar-refractivity contribution >= 4 is 0 Å². The second-order valence-corrected chi connectivity index (χ2v) is 8.09. The first kappa shape index (κ1) is 17.9. The van der Waals surface area contributed by atoms with Crippen molar-refractivity contribution < 1.29 is 19.7 Å². The molecule has 3 aliphatic rings. The van der Waals surface area contributed by atoms with Crippen LogP contribution in [0.4, 0.5) is 0 Å². The van der Waals surface area contributed by atoms with Gasteiger partial charge in [-0.05, 0) is 40.0 Å². The second-order valence-electron chi connectivity index (χ2n) is 8.09. The van der Waals surface area contributed by atoms with Crippen molar-refractivity contribution in [2.45, 2.75) is 63.4 Å². The maximum atomic E-state index is 10.7. The maximum absolute atomic E-state index is 10.7. The van der Waals surface area contributed by atoms with Crippen LogP contribution in [0.3, 0.4) is 0 Å². The van der Waals surface area contributed by atoms with Crippen LogP contribution < -0.4 is 0 Å². The number of hydrogen-bond acceptors (Lipinski definition) is 4. The number of epoxide rings is 1. The third kappa shape index (κ3) is 3.25. The van der Waals surface area contributed by atoms with Crippen molar-refractivity contribution in [3.63, 3.8) is 0 Å². The number of hydrogen-bond donors (Lipinski definition) is 2. The van der Waals surface area contributed by atoms with E-state index in [0.717, 1.165) is 18.4 Å². The molecule has 0 aromatic rings. The van der Waals surface area contributed by atoms with Crippen LogP contribution in [-0.4, -0.2) is 46.8 Å². The van der Waals surface area contributed by atoms with Gasteiger partial charge in [0.25, 0.3) is 0 Å². The number of ether oxygens (including phenoxy) is 2. The lowest BCUT2D eigenvalue weighted by atomic mass is 9.74. The fourth-order valence-corrected chi connectivity index (χ4v) is 4.29. The first-order chi connectivity index (χ1) is 11.3. The van der Waals surface area contributed by atoms with Crippen LogP contribution in [-0.2, 0) is 9.47 Å². The van der Waals surface area contributed by atoms with Gasteiger partial charge in [0, 0.05) is 11.8 Å². The van der Waals surface area contributed by atoms with E-state index in [2.05, 4.69) is 6.58 Å². The summed E-state index contributed by atoms with van der Waals surface area (Å²) in [7, 11) is 0. The number of aliphatic hydroxyl groups is 2. The SMILES string of the molecule is C=C1CC2OC2C(C)(O)CCC2C1COC2(C=CC=C(C)C)CO. The monoisotopic (exact) mass is 334 g/mol. The summed E-state index contributed by atoms with van der Waals surface area (Å²) in [6.07, 6.45) is 8.18. The molecule has 1 saturated carbocycles. The van der Waals surface area contributed by atoms with E-state index in [9.17, 15) is 10.2 Å². The van der Waals surface area contributed by atoms with Crippen molar-refractivity contribution in [3.8, 4) is 0 Å². The molecule has 24 heavy (non-hydrogen) atoms. The van der Waals surface area contributed by atoms with Gasteiger partial charge in [-0.15, -0.1) is 0 Å². The van der Waals surface area contributed by atoms with Crippen LogP contribution in [0.25, 0.3) is 0 Å². The fraction of sp³-hybridized carbons (Fsp3) is 0.700. The number of allylic oxidation sites excluding steroid dienone is 3. The second kappa shape index (κ2) is 6.41. The average Bonchev–Trinajstić information content (AvgIpc) is 3.18. The Balaban J connectivity index is 1.87. The van der Waals surface area contributed by atoms with E-state index >= 15 is 0 Å². The number of fused-ring (bicyclic) bond motifs is 2. The zero-order valence-corrected chi connectivity index (χ0v) is 15.0. The highest BCUT2D eigenvalue weighted by Gasteiger charge is 2.56. The van der Waals surface area contributed by atoms with E-state index in [1.807, 2.05) is 39.0 Å². The molecule has 2 aliphatic heterocycles. The minimum Gasteiger partial charge on any atom is -0.393 e. The van der Waals surface area contributed by atoms with Gasteiger partial charge < -0.3 is 19.7 Å². The third-order valence-electron chi connectivity index (χ3n) is 5.84. The van der Waals surface area contributed by atoms with Crippen molar-refractivity contribution in [2.24, 2.45) is 11.8 Å². The van der Waals surface area contributed by atoms with Gasteiger partial charge in [-0.1, -0.05) is 36.0 Å². The first-order valence-corrected chi connectivity index (χ1v) is 8.92. The molecule has 0 aromatic heterocycles. The van der Waals surface area contributed by atoms with Crippen LogP contribution in [0.1, 0.15) is 40.0 Å². The Labute approximate surface area is 144 Å². The minimum atomic E-state index is -0.826. The topological polar surface area (TPSA) is 62.2 Å². The molecular formula is C20H30O4. The Morgan fingerprint density at radius 2 is 2.17 bits per heavy atom. The Hall–Kier alpha value is -0.940. The fourth-order valence-electron chi connectivity index (χ4n) is 4.29. The molecule has 0 amide bonds. The molecule has 6 unspecified atom stereocenters. The van der Waals surface area contributed by atoms with Crippen LogP contribution >= 0.6 is 0 Å². The Bertz CT molecular complexity index is 558. The number of rotatable bonds is 3. The van der Waals surface area contributed by atoms with Gasteiger partial charge >= 0.3 is 0 Å². The minimum absolute atomic E-state index is 0.0555. The molecule has 0 bridgehead atoms. The van der Waals surface area contributed by atoms with Gasteiger partial charge in [-0.3, -0.25) is 0 Å². The highest BCUT2D eigenvalue weighted by molar-refractivity contribution is 5.23. The van der Waals surface area contributed by atoms with Crippen molar-refractivity contribution in [1.29, 1.82) is 0 Å². The smallest absolute Gasteiger partial charge is 0.113 e. The first-order valence-electron chi connectivity index (χ1n) is 8.92. The molecule has 0 spiro atoms. The highest BCUT2D eigenvalue weighted by atomic mass is 16.6. The van der Waals surface area contributed by atoms with E-state index < -0.39 is 11.2 Å². The molecule has 3 rings (SSSR count). The van der Waals surface area contributed by atoms with Crippen molar-refractivity contribution in [1.82, 2.24) is 0 Å².